The molecule has 0 aliphatic heterocycles. The van der Waals surface area contributed by atoms with E-state index in [1.54, 1.807) is 0 Å². The van der Waals surface area contributed by atoms with Crippen LogP contribution in [0, 0.1) is 5.92 Å². The van der Waals surface area contributed by atoms with Gasteiger partial charge in [-0.05, 0) is 38.2 Å². The molecule has 1 rings (SSSR count). The Morgan fingerprint density at radius 2 is 2.31 bits per heavy atom. The van der Waals surface area contributed by atoms with Crippen LogP contribution >= 0.6 is 0 Å². The first-order valence-electron chi connectivity index (χ1n) is 5.06. The van der Waals surface area contributed by atoms with Crippen molar-refractivity contribution in [2.75, 3.05) is 0 Å². The molecule has 0 fully saturated rings. The third kappa shape index (κ3) is 2.83. The molecule has 0 heterocycles. The highest BCUT2D eigenvalue weighted by Crippen LogP contribution is 2.23. The van der Waals surface area contributed by atoms with Crippen LogP contribution in [0.2, 0.25) is 0 Å². The van der Waals surface area contributed by atoms with E-state index in [1.807, 2.05) is 0 Å². The minimum Gasteiger partial charge on any atom is -0.258 e. The molecule has 1 unspecified atom stereocenters. The van der Waals surface area contributed by atoms with Gasteiger partial charge in [0.1, 0.15) is 0 Å². The number of aliphatic imine (C=N–C) groups is 1. The van der Waals surface area contributed by atoms with Gasteiger partial charge in [-0.1, -0.05) is 26.0 Å². The Bertz CT molecular complexity index is 269. The fourth-order valence-electron chi connectivity index (χ4n) is 1.35. The molecule has 0 N–H and O–H groups in total. The molecule has 0 aromatic heterocycles. The highest BCUT2D eigenvalue weighted by molar-refractivity contribution is 5.83. The summed E-state index contributed by atoms with van der Waals surface area (Å²) in [6.45, 7) is 8.61. The van der Waals surface area contributed by atoms with Gasteiger partial charge >= 0.3 is 0 Å². The SMILES string of the molecule is CCC(C)=NC1=CC(C)CC=C1C. The third-order valence-electron chi connectivity index (χ3n) is 2.47. The van der Waals surface area contributed by atoms with Crippen LogP contribution in [-0.4, -0.2) is 5.71 Å². The highest BCUT2D eigenvalue weighted by Gasteiger charge is 2.08. The van der Waals surface area contributed by atoms with E-state index < -0.39 is 0 Å². The largest absolute Gasteiger partial charge is 0.258 e. The van der Waals surface area contributed by atoms with Crippen molar-refractivity contribution in [2.45, 2.75) is 40.5 Å². The quantitative estimate of drug-likeness (QED) is 0.570. The van der Waals surface area contributed by atoms with Crippen molar-refractivity contribution in [1.29, 1.82) is 0 Å². The van der Waals surface area contributed by atoms with Gasteiger partial charge in [0.15, 0.2) is 0 Å². The van der Waals surface area contributed by atoms with E-state index >= 15 is 0 Å². The normalized spacial score (nSPS) is 24.0. The smallest absolute Gasteiger partial charge is 0.0617 e. The van der Waals surface area contributed by atoms with Crippen LogP contribution in [0.5, 0.6) is 0 Å². The molecule has 0 radical (unpaired) electrons. The average Bonchev–Trinajstić information content (AvgIpc) is 2.11. The molecule has 1 nitrogen and oxygen atoms in total. The summed E-state index contributed by atoms with van der Waals surface area (Å²) in [6, 6.07) is 0. The molecule has 0 bridgehead atoms. The Kier molecular flexibility index (Phi) is 3.47. The topological polar surface area (TPSA) is 12.4 Å². The maximum absolute atomic E-state index is 4.60. The standard InChI is InChI=1S/C12H19N/c1-5-11(4)13-12-8-9(2)6-7-10(12)3/h7-9H,5-6H2,1-4H3. The van der Waals surface area contributed by atoms with Crippen LogP contribution in [-0.2, 0) is 0 Å². The van der Waals surface area contributed by atoms with Gasteiger partial charge in [0.2, 0.25) is 0 Å². The minimum absolute atomic E-state index is 0.645. The molecule has 1 aliphatic rings. The minimum atomic E-state index is 0.645. The number of hydrogen-bond acceptors (Lipinski definition) is 1. The molecule has 1 aliphatic carbocycles. The first-order chi connectivity index (χ1) is 6.13. The predicted molar refractivity (Wildman–Crippen MR) is 59.0 cm³/mol. The molecule has 72 valence electrons. The van der Waals surface area contributed by atoms with E-state index in [4.69, 9.17) is 0 Å². The van der Waals surface area contributed by atoms with Crippen LogP contribution in [0.1, 0.15) is 40.5 Å². The zero-order chi connectivity index (χ0) is 9.84. The maximum Gasteiger partial charge on any atom is 0.0617 e. The molecule has 1 heteroatoms. The summed E-state index contributed by atoms with van der Waals surface area (Å²) < 4.78 is 0. The van der Waals surface area contributed by atoms with E-state index in [0.717, 1.165) is 12.8 Å². The van der Waals surface area contributed by atoms with Crippen LogP contribution in [0.3, 0.4) is 0 Å². The zero-order valence-electron chi connectivity index (χ0n) is 9.09. The van der Waals surface area contributed by atoms with Crippen molar-refractivity contribution >= 4 is 5.71 Å². The lowest BCUT2D eigenvalue weighted by Gasteiger charge is -2.14. The van der Waals surface area contributed by atoms with E-state index in [1.165, 1.54) is 17.0 Å². The Morgan fingerprint density at radius 3 is 2.92 bits per heavy atom. The summed E-state index contributed by atoms with van der Waals surface area (Å²) in [5.41, 5.74) is 3.72. The lowest BCUT2D eigenvalue weighted by atomic mass is 9.97. The van der Waals surface area contributed by atoms with Crippen LogP contribution in [0.25, 0.3) is 0 Å². The first-order valence-corrected chi connectivity index (χ1v) is 5.06. The second kappa shape index (κ2) is 4.40. The Hall–Kier alpha value is -0.850. The molecule has 0 saturated heterocycles. The van der Waals surface area contributed by atoms with Gasteiger partial charge in [-0.25, -0.2) is 0 Å². The van der Waals surface area contributed by atoms with Crippen LogP contribution in [0.4, 0.5) is 0 Å². The number of allylic oxidation sites excluding steroid dienone is 3. The van der Waals surface area contributed by atoms with Gasteiger partial charge in [0.25, 0.3) is 0 Å². The molecular weight excluding hydrogens is 158 g/mol. The molecule has 0 aromatic carbocycles. The molecule has 0 amide bonds. The van der Waals surface area contributed by atoms with Crippen LogP contribution in [0.15, 0.2) is 28.4 Å². The summed E-state index contributed by atoms with van der Waals surface area (Å²) in [7, 11) is 0. The van der Waals surface area contributed by atoms with Gasteiger partial charge in [0, 0.05) is 5.71 Å². The third-order valence-corrected chi connectivity index (χ3v) is 2.47. The Morgan fingerprint density at radius 1 is 1.62 bits per heavy atom. The zero-order valence-corrected chi connectivity index (χ0v) is 9.09. The number of rotatable bonds is 2. The van der Waals surface area contributed by atoms with Gasteiger partial charge < -0.3 is 0 Å². The van der Waals surface area contributed by atoms with Crippen molar-refractivity contribution in [3.05, 3.63) is 23.4 Å². The summed E-state index contributed by atoms with van der Waals surface area (Å²) in [5.74, 6) is 0.645. The van der Waals surface area contributed by atoms with Crippen molar-refractivity contribution < 1.29 is 0 Å². The molecule has 13 heavy (non-hydrogen) atoms. The monoisotopic (exact) mass is 177 g/mol. The molecule has 0 saturated carbocycles. The highest BCUT2D eigenvalue weighted by atomic mass is 14.8. The van der Waals surface area contributed by atoms with E-state index in [9.17, 15) is 0 Å². The lowest BCUT2D eigenvalue weighted by molar-refractivity contribution is 0.720. The Labute approximate surface area is 81.3 Å². The summed E-state index contributed by atoms with van der Waals surface area (Å²) in [6.07, 6.45) is 6.76. The first kappa shape index (κ1) is 10.2. The number of nitrogens with zero attached hydrogens (tertiary/aromatic N) is 1. The summed E-state index contributed by atoms with van der Waals surface area (Å²) in [5, 5.41) is 0. The molecule has 0 spiro atoms. The summed E-state index contributed by atoms with van der Waals surface area (Å²) >= 11 is 0. The predicted octanol–water partition coefficient (Wildman–Crippen LogP) is 3.73. The van der Waals surface area contributed by atoms with Gasteiger partial charge in [-0.3, -0.25) is 4.99 Å². The molecule has 0 aromatic rings. The van der Waals surface area contributed by atoms with Crippen LogP contribution < -0.4 is 0 Å². The van der Waals surface area contributed by atoms with Crippen molar-refractivity contribution in [1.82, 2.24) is 0 Å². The molecule has 1 atom stereocenters. The van der Waals surface area contributed by atoms with Gasteiger partial charge in [-0.2, -0.15) is 0 Å². The Balaban J connectivity index is 2.83. The lowest BCUT2D eigenvalue weighted by Crippen LogP contribution is -2.00. The van der Waals surface area contributed by atoms with Crippen molar-refractivity contribution in [2.24, 2.45) is 10.9 Å². The van der Waals surface area contributed by atoms with Crippen molar-refractivity contribution in [3.8, 4) is 0 Å². The maximum atomic E-state index is 4.60. The molecular formula is C12H19N. The fraction of sp³-hybridized carbons (Fsp3) is 0.583. The second-order valence-electron chi connectivity index (χ2n) is 3.85. The van der Waals surface area contributed by atoms with E-state index in [2.05, 4.69) is 44.8 Å². The van der Waals surface area contributed by atoms with Gasteiger partial charge in [-0.15, -0.1) is 0 Å². The average molecular weight is 177 g/mol. The van der Waals surface area contributed by atoms with E-state index in [0.29, 0.717) is 5.92 Å². The van der Waals surface area contributed by atoms with Crippen molar-refractivity contribution in [3.63, 3.8) is 0 Å². The second-order valence-corrected chi connectivity index (χ2v) is 3.85. The number of hydrogen-bond donors (Lipinski definition) is 0. The summed E-state index contributed by atoms with van der Waals surface area (Å²) in [4.78, 5) is 4.60. The fourth-order valence-corrected chi connectivity index (χ4v) is 1.35. The van der Waals surface area contributed by atoms with E-state index in [-0.39, 0.29) is 0 Å². The van der Waals surface area contributed by atoms with Gasteiger partial charge in [0.05, 0.1) is 5.70 Å².